The minimum atomic E-state index is -0.455. The molecule has 8 heteroatoms. The van der Waals surface area contributed by atoms with E-state index in [1.54, 1.807) is 40.4 Å². The predicted molar refractivity (Wildman–Crippen MR) is 96.7 cm³/mol. The first-order valence-electron chi connectivity index (χ1n) is 7.68. The van der Waals surface area contributed by atoms with Gasteiger partial charge in [0.05, 0.1) is 32.4 Å². The number of allylic oxidation sites excluding steroid dienone is 1. The van der Waals surface area contributed by atoms with Gasteiger partial charge >= 0.3 is 5.97 Å². The summed E-state index contributed by atoms with van der Waals surface area (Å²) in [6.45, 7) is 2.29. The second-order valence-corrected chi connectivity index (χ2v) is 5.72. The third-order valence-corrected chi connectivity index (χ3v) is 3.97. The van der Waals surface area contributed by atoms with Crippen LogP contribution >= 0.6 is 12.2 Å². The van der Waals surface area contributed by atoms with Gasteiger partial charge in [-0.2, -0.15) is 0 Å². The lowest BCUT2D eigenvalue weighted by atomic mass is 9.95. The Balaban J connectivity index is 2.37. The van der Waals surface area contributed by atoms with E-state index in [2.05, 4.69) is 10.6 Å². The number of hydrogen-bond acceptors (Lipinski definition) is 6. The molecule has 1 atom stereocenters. The molecule has 0 fully saturated rings. The molecule has 2 N–H and O–H groups in total. The van der Waals surface area contributed by atoms with E-state index in [1.165, 1.54) is 0 Å². The summed E-state index contributed by atoms with van der Waals surface area (Å²) < 4.78 is 20.8. The Morgan fingerprint density at radius 3 is 2.52 bits per heavy atom. The summed E-state index contributed by atoms with van der Waals surface area (Å²) in [5.74, 6) is 0.737. The number of carbonyl (C=O) groups is 1. The highest BCUT2D eigenvalue weighted by Gasteiger charge is 2.31. The minimum Gasteiger partial charge on any atom is -0.493 e. The van der Waals surface area contributed by atoms with Crippen LogP contribution in [0.2, 0.25) is 0 Å². The lowest BCUT2D eigenvalue weighted by Crippen LogP contribution is -2.45. The summed E-state index contributed by atoms with van der Waals surface area (Å²) in [6, 6.07) is 4.98. The van der Waals surface area contributed by atoms with Gasteiger partial charge in [-0.25, -0.2) is 4.79 Å². The van der Waals surface area contributed by atoms with Crippen LogP contribution in [0.3, 0.4) is 0 Å². The standard InChI is InChI=1S/C17H22N2O5S/c1-10-14(16(20)24-8-7-21-2)15(19-17(25)18-10)11-5-6-12(22-3)13(9-11)23-4/h5-6,9,15H,7-8H2,1-4H3,(H2,18,19,25)/t15-/m1/s1. The highest BCUT2D eigenvalue weighted by atomic mass is 32.1. The number of thiocarbonyl (C=S) groups is 1. The molecule has 1 heterocycles. The van der Waals surface area contributed by atoms with E-state index >= 15 is 0 Å². The predicted octanol–water partition coefficient (Wildman–Crippen LogP) is 1.69. The third-order valence-electron chi connectivity index (χ3n) is 3.75. The molecule has 1 aliphatic rings. The molecule has 1 aliphatic heterocycles. The number of ether oxygens (including phenoxy) is 4. The van der Waals surface area contributed by atoms with E-state index in [4.69, 9.17) is 31.2 Å². The van der Waals surface area contributed by atoms with Crippen LogP contribution in [0.1, 0.15) is 18.5 Å². The molecule has 0 spiro atoms. The van der Waals surface area contributed by atoms with Gasteiger partial charge in [0.2, 0.25) is 0 Å². The van der Waals surface area contributed by atoms with Crippen molar-refractivity contribution < 1.29 is 23.7 Å². The quantitative estimate of drug-likeness (QED) is 0.429. The highest BCUT2D eigenvalue weighted by molar-refractivity contribution is 7.80. The lowest BCUT2D eigenvalue weighted by molar-refractivity contribution is -0.140. The summed E-state index contributed by atoms with van der Waals surface area (Å²) in [4.78, 5) is 12.5. The topological polar surface area (TPSA) is 78.1 Å². The summed E-state index contributed by atoms with van der Waals surface area (Å²) in [5, 5.41) is 6.51. The van der Waals surface area contributed by atoms with Crippen molar-refractivity contribution in [3.05, 3.63) is 35.0 Å². The van der Waals surface area contributed by atoms with Crippen molar-refractivity contribution >= 4 is 23.3 Å². The second-order valence-electron chi connectivity index (χ2n) is 5.31. The summed E-state index contributed by atoms with van der Waals surface area (Å²) in [7, 11) is 4.67. The Morgan fingerprint density at radius 1 is 1.16 bits per heavy atom. The summed E-state index contributed by atoms with van der Waals surface area (Å²) in [5.41, 5.74) is 1.91. The number of esters is 1. The minimum absolute atomic E-state index is 0.176. The van der Waals surface area contributed by atoms with E-state index in [-0.39, 0.29) is 6.61 Å². The van der Waals surface area contributed by atoms with Crippen LogP contribution in [-0.2, 0) is 14.3 Å². The Morgan fingerprint density at radius 2 is 1.88 bits per heavy atom. The van der Waals surface area contributed by atoms with Crippen molar-refractivity contribution in [1.82, 2.24) is 10.6 Å². The lowest BCUT2D eigenvalue weighted by Gasteiger charge is -2.30. The molecule has 25 heavy (non-hydrogen) atoms. The van der Waals surface area contributed by atoms with Gasteiger partial charge in [0.1, 0.15) is 6.61 Å². The molecule has 1 aromatic carbocycles. The number of benzene rings is 1. The Kier molecular flexibility index (Phi) is 6.60. The van der Waals surface area contributed by atoms with Crippen molar-refractivity contribution in [3.8, 4) is 11.5 Å². The van der Waals surface area contributed by atoms with Gasteiger partial charge in [0.15, 0.2) is 16.6 Å². The first-order chi connectivity index (χ1) is 12.0. The van der Waals surface area contributed by atoms with Crippen LogP contribution in [-0.4, -0.2) is 45.6 Å². The summed E-state index contributed by atoms with van der Waals surface area (Å²) >= 11 is 5.23. The van der Waals surface area contributed by atoms with Gasteiger partial charge in [0, 0.05) is 12.8 Å². The molecule has 2 rings (SSSR count). The van der Waals surface area contributed by atoms with Gasteiger partial charge in [-0.1, -0.05) is 6.07 Å². The summed E-state index contributed by atoms with van der Waals surface area (Å²) in [6.07, 6.45) is 0. The van der Waals surface area contributed by atoms with E-state index in [1.807, 2.05) is 6.07 Å². The maximum absolute atomic E-state index is 12.5. The molecule has 0 radical (unpaired) electrons. The van der Waals surface area contributed by atoms with Gasteiger partial charge < -0.3 is 29.6 Å². The fourth-order valence-electron chi connectivity index (χ4n) is 2.54. The zero-order chi connectivity index (χ0) is 18.4. The van der Waals surface area contributed by atoms with Crippen LogP contribution < -0.4 is 20.1 Å². The molecule has 0 saturated heterocycles. The van der Waals surface area contributed by atoms with Crippen molar-refractivity contribution in [3.63, 3.8) is 0 Å². The Bertz CT molecular complexity index is 690. The van der Waals surface area contributed by atoms with Crippen LogP contribution in [0.15, 0.2) is 29.5 Å². The smallest absolute Gasteiger partial charge is 0.338 e. The van der Waals surface area contributed by atoms with Crippen LogP contribution in [0.5, 0.6) is 11.5 Å². The van der Waals surface area contributed by atoms with E-state index < -0.39 is 12.0 Å². The zero-order valence-corrected chi connectivity index (χ0v) is 15.5. The molecule has 1 aromatic rings. The first kappa shape index (κ1) is 19.0. The molecule has 0 saturated carbocycles. The van der Waals surface area contributed by atoms with Gasteiger partial charge in [-0.15, -0.1) is 0 Å². The van der Waals surface area contributed by atoms with Gasteiger partial charge in [0.25, 0.3) is 0 Å². The number of methoxy groups -OCH3 is 3. The normalized spacial score (nSPS) is 16.8. The fraction of sp³-hybridized carbons (Fsp3) is 0.412. The van der Waals surface area contributed by atoms with Crippen molar-refractivity contribution in [2.75, 3.05) is 34.5 Å². The molecule has 136 valence electrons. The van der Waals surface area contributed by atoms with Crippen molar-refractivity contribution in [2.45, 2.75) is 13.0 Å². The van der Waals surface area contributed by atoms with Crippen LogP contribution in [0, 0.1) is 0 Å². The first-order valence-corrected chi connectivity index (χ1v) is 8.09. The molecule has 0 unspecified atom stereocenters. The SMILES string of the molecule is COCCOC(=O)C1=C(C)NC(=S)N[C@@H]1c1ccc(OC)c(OC)c1. The number of rotatable bonds is 7. The average Bonchev–Trinajstić information content (AvgIpc) is 2.60. The van der Waals surface area contributed by atoms with E-state index in [9.17, 15) is 4.79 Å². The maximum Gasteiger partial charge on any atom is 0.338 e. The number of carbonyl (C=O) groups excluding carboxylic acids is 1. The monoisotopic (exact) mass is 366 g/mol. The van der Waals surface area contributed by atoms with Gasteiger partial charge in [-0.3, -0.25) is 0 Å². The molecule has 0 amide bonds. The van der Waals surface area contributed by atoms with Gasteiger partial charge in [-0.05, 0) is 36.8 Å². The largest absolute Gasteiger partial charge is 0.493 e. The number of hydrogen-bond donors (Lipinski definition) is 2. The highest BCUT2D eigenvalue weighted by Crippen LogP contribution is 2.34. The number of nitrogens with one attached hydrogen (secondary N) is 2. The Labute approximate surface area is 152 Å². The third kappa shape index (κ3) is 4.40. The van der Waals surface area contributed by atoms with Crippen LogP contribution in [0.25, 0.3) is 0 Å². The Hall–Kier alpha value is -2.32. The fourth-order valence-corrected chi connectivity index (χ4v) is 2.81. The second kappa shape index (κ2) is 8.68. The molecule has 0 aromatic heterocycles. The van der Waals surface area contributed by atoms with E-state index in [0.717, 1.165) is 5.56 Å². The zero-order valence-electron chi connectivity index (χ0n) is 14.7. The van der Waals surface area contributed by atoms with Crippen molar-refractivity contribution in [1.29, 1.82) is 0 Å². The molecular formula is C17H22N2O5S. The van der Waals surface area contributed by atoms with Crippen molar-refractivity contribution in [2.24, 2.45) is 0 Å². The average molecular weight is 366 g/mol. The molecule has 0 bridgehead atoms. The van der Waals surface area contributed by atoms with Crippen LogP contribution in [0.4, 0.5) is 0 Å². The molecule has 7 nitrogen and oxygen atoms in total. The molecular weight excluding hydrogens is 344 g/mol. The molecule has 0 aliphatic carbocycles. The van der Waals surface area contributed by atoms with E-state index in [0.29, 0.717) is 34.5 Å². The maximum atomic E-state index is 12.5.